The molecule has 0 spiro atoms. The molecule has 0 aliphatic heterocycles. The number of hydrogen-bond donors (Lipinski definition) is 1. The molecule has 0 unspecified atom stereocenters. The van der Waals surface area contributed by atoms with Gasteiger partial charge in [0.05, 0.1) is 0 Å². The van der Waals surface area contributed by atoms with Gasteiger partial charge in [-0.05, 0) is 29.7 Å². The van der Waals surface area contributed by atoms with E-state index in [-0.39, 0.29) is 0 Å². The summed E-state index contributed by atoms with van der Waals surface area (Å²) in [6.07, 6.45) is 6.30. The quantitative estimate of drug-likeness (QED) is 0.776. The normalized spacial score (nSPS) is 10.6. The van der Waals surface area contributed by atoms with Crippen molar-refractivity contribution in [3.8, 4) is 11.4 Å². The zero-order valence-electron chi connectivity index (χ0n) is 10.2. The van der Waals surface area contributed by atoms with Gasteiger partial charge in [-0.3, -0.25) is 0 Å². The molecule has 0 fully saturated rings. The van der Waals surface area contributed by atoms with Gasteiger partial charge in [0.1, 0.15) is 0 Å². The summed E-state index contributed by atoms with van der Waals surface area (Å²) in [6.45, 7) is 2.23. The van der Waals surface area contributed by atoms with Crippen LogP contribution in [-0.4, -0.2) is 20.6 Å². The van der Waals surface area contributed by atoms with Crippen molar-refractivity contribution >= 4 is 0 Å². The maximum absolute atomic E-state index is 3.99. The molecule has 1 aromatic heterocycles. The van der Waals surface area contributed by atoms with Crippen molar-refractivity contribution in [1.82, 2.24) is 20.6 Å². The van der Waals surface area contributed by atoms with Crippen LogP contribution in [0, 0.1) is 0 Å². The van der Waals surface area contributed by atoms with E-state index >= 15 is 0 Å². The lowest BCUT2D eigenvalue weighted by Crippen LogP contribution is -1.88. The van der Waals surface area contributed by atoms with Crippen LogP contribution in [0.4, 0.5) is 0 Å². The van der Waals surface area contributed by atoms with Gasteiger partial charge in [-0.2, -0.15) is 5.21 Å². The summed E-state index contributed by atoms with van der Waals surface area (Å²) in [7, 11) is 0. The SMILES string of the molecule is CCCCCCc1cccc(-c2nn[nH]n2)c1. The number of rotatable bonds is 6. The second-order valence-corrected chi connectivity index (χ2v) is 4.25. The van der Waals surface area contributed by atoms with Crippen LogP contribution in [0.1, 0.15) is 38.2 Å². The summed E-state index contributed by atoms with van der Waals surface area (Å²) in [4.78, 5) is 0. The molecule has 0 saturated heterocycles. The molecular weight excluding hydrogens is 212 g/mol. The molecule has 0 bridgehead atoms. The molecular formula is C13H18N4. The van der Waals surface area contributed by atoms with E-state index in [1.165, 1.54) is 31.2 Å². The summed E-state index contributed by atoms with van der Waals surface area (Å²) in [5.41, 5.74) is 2.38. The predicted molar refractivity (Wildman–Crippen MR) is 67.5 cm³/mol. The fraction of sp³-hybridized carbons (Fsp3) is 0.462. The van der Waals surface area contributed by atoms with Crippen LogP contribution in [0.25, 0.3) is 11.4 Å². The van der Waals surface area contributed by atoms with Crippen molar-refractivity contribution in [2.45, 2.75) is 39.0 Å². The number of aromatic amines is 1. The maximum atomic E-state index is 3.99. The lowest BCUT2D eigenvalue weighted by Gasteiger charge is -2.02. The van der Waals surface area contributed by atoms with E-state index < -0.39 is 0 Å². The second kappa shape index (κ2) is 6.13. The lowest BCUT2D eigenvalue weighted by molar-refractivity contribution is 0.667. The third-order valence-electron chi connectivity index (χ3n) is 2.85. The highest BCUT2D eigenvalue weighted by Gasteiger charge is 2.03. The maximum Gasteiger partial charge on any atom is 0.204 e. The molecule has 1 N–H and O–H groups in total. The van der Waals surface area contributed by atoms with E-state index in [9.17, 15) is 0 Å². The minimum absolute atomic E-state index is 0.667. The highest BCUT2D eigenvalue weighted by molar-refractivity contribution is 5.54. The first-order chi connectivity index (χ1) is 8.40. The average molecular weight is 230 g/mol. The number of nitrogens with one attached hydrogen (secondary N) is 1. The largest absolute Gasteiger partial charge is 0.204 e. The number of tetrazole rings is 1. The number of aryl methyl sites for hydroxylation is 1. The van der Waals surface area contributed by atoms with Crippen molar-refractivity contribution in [2.75, 3.05) is 0 Å². The predicted octanol–water partition coefficient (Wildman–Crippen LogP) is 2.99. The monoisotopic (exact) mass is 230 g/mol. The lowest BCUT2D eigenvalue weighted by atomic mass is 10.0. The standard InChI is InChI=1S/C13H18N4/c1-2-3-4-5-7-11-8-6-9-12(10-11)13-14-16-17-15-13/h6,8-10H,2-5,7H2,1H3,(H,14,15,16,17). The Morgan fingerprint density at radius 3 is 2.88 bits per heavy atom. The van der Waals surface area contributed by atoms with Gasteiger partial charge in [-0.15, -0.1) is 10.2 Å². The van der Waals surface area contributed by atoms with Gasteiger partial charge in [0.25, 0.3) is 0 Å². The van der Waals surface area contributed by atoms with Crippen molar-refractivity contribution in [2.24, 2.45) is 0 Å². The van der Waals surface area contributed by atoms with E-state index in [0.717, 1.165) is 12.0 Å². The molecule has 0 atom stereocenters. The first-order valence-electron chi connectivity index (χ1n) is 6.23. The molecule has 90 valence electrons. The van der Waals surface area contributed by atoms with Crippen LogP contribution in [0.15, 0.2) is 24.3 Å². The minimum atomic E-state index is 0.667. The molecule has 0 saturated carbocycles. The number of H-pyrrole nitrogens is 1. The summed E-state index contributed by atoms with van der Waals surface area (Å²) in [6, 6.07) is 8.38. The molecule has 4 nitrogen and oxygen atoms in total. The van der Waals surface area contributed by atoms with Gasteiger partial charge in [0.2, 0.25) is 5.82 Å². The number of hydrogen-bond acceptors (Lipinski definition) is 3. The smallest absolute Gasteiger partial charge is 0.177 e. The van der Waals surface area contributed by atoms with Crippen LogP contribution in [0.3, 0.4) is 0 Å². The Kier molecular flexibility index (Phi) is 4.24. The van der Waals surface area contributed by atoms with Crippen molar-refractivity contribution in [3.63, 3.8) is 0 Å². The molecule has 4 heteroatoms. The minimum Gasteiger partial charge on any atom is -0.177 e. The molecule has 0 aliphatic rings. The van der Waals surface area contributed by atoms with Crippen LogP contribution in [-0.2, 0) is 6.42 Å². The van der Waals surface area contributed by atoms with Gasteiger partial charge in [0.15, 0.2) is 0 Å². The molecule has 2 rings (SSSR count). The van der Waals surface area contributed by atoms with Gasteiger partial charge < -0.3 is 0 Å². The zero-order chi connectivity index (χ0) is 11.9. The third kappa shape index (κ3) is 3.37. The molecule has 1 heterocycles. The number of benzene rings is 1. The number of unbranched alkanes of at least 4 members (excludes halogenated alkanes) is 3. The van der Waals surface area contributed by atoms with E-state index in [1.54, 1.807) is 0 Å². The third-order valence-corrected chi connectivity index (χ3v) is 2.85. The first kappa shape index (κ1) is 11.8. The Hall–Kier alpha value is -1.71. The topological polar surface area (TPSA) is 54.5 Å². The molecule has 17 heavy (non-hydrogen) atoms. The summed E-state index contributed by atoms with van der Waals surface area (Å²) < 4.78 is 0. The van der Waals surface area contributed by atoms with Crippen LogP contribution >= 0.6 is 0 Å². The van der Waals surface area contributed by atoms with Gasteiger partial charge >= 0.3 is 0 Å². The van der Waals surface area contributed by atoms with E-state index in [4.69, 9.17) is 0 Å². The molecule has 2 aromatic rings. The first-order valence-corrected chi connectivity index (χ1v) is 6.23. The van der Waals surface area contributed by atoms with Crippen molar-refractivity contribution < 1.29 is 0 Å². The Bertz CT molecular complexity index is 436. The van der Waals surface area contributed by atoms with E-state index in [0.29, 0.717) is 5.82 Å². The molecule has 0 radical (unpaired) electrons. The fourth-order valence-electron chi connectivity index (χ4n) is 1.91. The van der Waals surface area contributed by atoms with Crippen LogP contribution in [0.5, 0.6) is 0 Å². The van der Waals surface area contributed by atoms with E-state index in [1.807, 2.05) is 6.07 Å². The molecule has 0 amide bonds. The molecule has 0 aliphatic carbocycles. The second-order valence-electron chi connectivity index (χ2n) is 4.25. The van der Waals surface area contributed by atoms with Gasteiger partial charge in [0, 0.05) is 5.56 Å². The van der Waals surface area contributed by atoms with Gasteiger partial charge in [-0.25, -0.2) is 0 Å². The Balaban J connectivity index is 1.97. The van der Waals surface area contributed by atoms with Gasteiger partial charge in [-0.1, -0.05) is 44.4 Å². The van der Waals surface area contributed by atoms with E-state index in [2.05, 4.69) is 45.7 Å². The Morgan fingerprint density at radius 2 is 2.12 bits per heavy atom. The average Bonchev–Trinajstić information content (AvgIpc) is 2.89. The highest BCUT2D eigenvalue weighted by Crippen LogP contribution is 2.16. The molecule has 1 aromatic carbocycles. The van der Waals surface area contributed by atoms with Crippen LogP contribution < -0.4 is 0 Å². The summed E-state index contributed by atoms with van der Waals surface area (Å²) in [5.74, 6) is 0.667. The van der Waals surface area contributed by atoms with Crippen molar-refractivity contribution in [3.05, 3.63) is 29.8 Å². The number of nitrogens with zero attached hydrogens (tertiary/aromatic N) is 3. The summed E-state index contributed by atoms with van der Waals surface area (Å²) >= 11 is 0. The van der Waals surface area contributed by atoms with Crippen molar-refractivity contribution in [1.29, 1.82) is 0 Å². The Labute approximate surface area is 101 Å². The summed E-state index contributed by atoms with van der Waals surface area (Å²) in [5, 5.41) is 14.0. The van der Waals surface area contributed by atoms with Crippen LogP contribution in [0.2, 0.25) is 0 Å². The zero-order valence-corrected chi connectivity index (χ0v) is 10.2. The highest BCUT2D eigenvalue weighted by atomic mass is 15.5. The Morgan fingerprint density at radius 1 is 1.18 bits per heavy atom. The fourth-order valence-corrected chi connectivity index (χ4v) is 1.91. The number of aromatic nitrogens is 4.